The van der Waals surface area contributed by atoms with Crippen LogP contribution in [-0.2, 0) is 6.42 Å². The molecular formula is C6H5BrN2S. The van der Waals surface area contributed by atoms with Crippen molar-refractivity contribution in [3.8, 4) is 6.07 Å². The van der Waals surface area contributed by atoms with Gasteiger partial charge in [0.25, 0.3) is 0 Å². The molecule has 2 nitrogen and oxygen atoms in total. The van der Waals surface area contributed by atoms with Crippen LogP contribution in [0.2, 0.25) is 0 Å². The van der Waals surface area contributed by atoms with Gasteiger partial charge in [-0.25, -0.2) is 4.98 Å². The molecule has 0 amide bonds. The van der Waals surface area contributed by atoms with Gasteiger partial charge in [-0.05, 0) is 22.4 Å². The van der Waals surface area contributed by atoms with Gasteiger partial charge in [0.2, 0.25) is 0 Å². The van der Waals surface area contributed by atoms with Gasteiger partial charge in [0.1, 0.15) is 0 Å². The Hall–Kier alpha value is -0.400. The maximum atomic E-state index is 8.26. The molecule has 0 atom stereocenters. The van der Waals surface area contributed by atoms with Gasteiger partial charge in [-0.1, -0.05) is 0 Å². The van der Waals surface area contributed by atoms with Crippen molar-refractivity contribution >= 4 is 27.3 Å². The molecule has 0 bridgehead atoms. The first-order chi connectivity index (χ1) is 4.83. The summed E-state index contributed by atoms with van der Waals surface area (Å²) in [6.45, 7) is 0. The van der Waals surface area contributed by atoms with E-state index in [2.05, 4.69) is 27.0 Å². The third kappa shape index (κ3) is 2.09. The predicted octanol–water partition coefficient (Wildman–Crippen LogP) is 2.36. The third-order valence-electron chi connectivity index (χ3n) is 1.01. The first-order valence-electron chi connectivity index (χ1n) is 2.80. The van der Waals surface area contributed by atoms with E-state index in [0.717, 1.165) is 15.2 Å². The Bertz CT molecular complexity index is 250. The number of nitrogens with zero attached hydrogens (tertiary/aromatic N) is 2. The second-order valence-corrected chi connectivity index (χ2v) is 4.13. The molecule has 10 heavy (non-hydrogen) atoms. The van der Waals surface area contributed by atoms with Crippen LogP contribution in [-0.4, -0.2) is 4.98 Å². The Morgan fingerprint density at radius 3 is 3.10 bits per heavy atom. The van der Waals surface area contributed by atoms with Gasteiger partial charge >= 0.3 is 0 Å². The lowest BCUT2D eigenvalue weighted by atomic mass is 10.3. The molecule has 0 aliphatic carbocycles. The average molecular weight is 217 g/mol. The highest BCUT2D eigenvalue weighted by Gasteiger charge is 1.96. The molecule has 0 saturated heterocycles. The number of aryl methyl sites for hydroxylation is 1. The fourth-order valence-electron chi connectivity index (χ4n) is 0.578. The summed E-state index contributed by atoms with van der Waals surface area (Å²) in [5.41, 5.74) is 0. The number of rotatable bonds is 2. The monoisotopic (exact) mass is 216 g/mol. The summed E-state index contributed by atoms with van der Waals surface area (Å²) in [5.74, 6) is 0. The number of hydrogen-bond acceptors (Lipinski definition) is 3. The maximum absolute atomic E-state index is 8.26. The van der Waals surface area contributed by atoms with Crippen LogP contribution in [0.15, 0.2) is 10.1 Å². The second kappa shape index (κ2) is 3.69. The van der Waals surface area contributed by atoms with Gasteiger partial charge in [-0.2, -0.15) is 5.26 Å². The number of halogens is 1. The van der Waals surface area contributed by atoms with Gasteiger partial charge in [-0.3, -0.25) is 0 Å². The first kappa shape index (κ1) is 7.70. The highest BCUT2D eigenvalue weighted by atomic mass is 79.9. The number of nitriles is 1. The fraction of sp³-hybridized carbons (Fsp3) is 0.333. The van der Waals surface area contributed by atoms with Crippen molar-refractivity contribution < 1.29 is 0 Å². The Kier molecular flexibility index (Phi) is 2.84. The van der Waals surface area contributed by atoms with Crippen LogP contribution < -0.4 is 0 Å². The van der Waals surface area contributed by atoms with Crippen molar-refractivity contribution in [2.24, 2.45) is 0 Å². The van der Waals surface area contributed by atoms with E-state index in [-0.39, 0.29) is 0 Å². The highest BCUT2D eigenvalue weighted by Crippen LogP contribution is 2.19. The summed E-state index contributed by atoms with van der Waals surface area (Å²) in [4.78, 5) is 5.16. The minimum atomic E-state index is 0.578. The topological polar surface area (TPSA) is 36.7 Å². The quantitative estimate of drug-likeness (QED) is 0.762. The molecular weight excluding hydrogens is 212 g/mol. The van der Waals surface area contributed by atoms with E-state index in [1.807, 2.05) is 0 Å². The van der Waals surface area contributed by atoms with Crippen LogP contribution >= 0.6 is 27.3 Å². The fourth-order valence-corrected chi connectivity index (χ4v) is 1.94. The van der Waals surface area contributed by atoms with Crippen LogP contribution in [0.3, 0.4) is 0 Å². The minimum Gasteiger partial charge on any atom is -0.237 e. The molecule has 0 N–H and O–H groups in total. The van der Waals surface area contributed by atoms with Gasteiger partial charge in [0.05, 0.1) is 6.07 Å². The lowest BCUT2D eigenvalue weighted by Gasteiger charge is -1.83. The molecule has 52 valence electrons. The number of thiazole rings is 1. The summed E-state index contributed by atoms with van der Waals surface area (Å²) in [5, 5.41) is 8.26. The van der Waals surface area contributed by atoms with Crippen molar-refractivity contribution in [3.63, 3.8) is 0 Å². The van der Waals surface area contributed by atoms with Crippen LogP contribution in [0.25, 0.3) is 0 Å². The van der Waals surface area contributed by atoms with Gasteiger partial charge in [-0.15, -0.1) is 11.3 Å². The van der Waals surface area contributed by atoms with E-state index in [0.29, 0.717) is 6.42 Å². The maximum Gasteiger partial charge on any atom is 0.159 e. The van der Waals surface area contributed by atoms with E-state index in [1.54, 1.807) is 17.5 Å². The average Bonchev–Trinajstić information content (AvgIpc) is 2.31. The predicted molar refractivity (Wildman–Crippen MR) is 43.7 cm³/mol. The summed E-state index contributed by atoms with van der Waals surface area (Å²) in [7, 11) is 0. The largest absolute Gasteiger partial charge is 0.237 e. The normalized spacial score (nSPS) is 9.20. The Morgan fingerprint density at radius 2 is 2.60 bits per heavy atom. The van der Waals surface area contributed by atoms with E-state index in [9.17, 15) is 0 Å². The van der Waals surface area contributed by atoms with Crippen LogP contribution in [0.5, 0.6) is 0 Å². The van der Waals surface area contributed by atoms with Crippen LogP contribution in [0, 0.1) is 11.3 Å². The molecule has 0 fully saturated rings. The SMILES string of the molecule is N#CCCc1cnc(Br)s1. The molecule has 0 aromatic carbocycles. The van der Waals surface area contributed by atoms with E-state index < -0.39 is 0 Å². The van der Waals surface area contributed by atoms with Crippen molar-refractivity contribution in [1.82, 2.24) is 4.98 Å². The zero-order chi connectivity index (χ0) is 7.40. The molecule has 0 spiro atoms. The third-order valence-corrected chi connectivity index (χ3v) is 2.54. The lowest BCUT2D eigenvalue weighted by molar-refractivity contribution is 1.03. The zero-order valence-corrected chi connectivity index (χ0v) is 7.57. The highest BCUT2D eigenvalue weighted by molar-refractivity contribution is 9.11. The zero-order valence-electron chi connectivity index (χ0n) is 5.17. The van der Waals surface area contributed by atoms with Gasteiger partial charge in [0, 0.05) is 17.5 Å². The lowest BCUT2D eigenvalue weighted by Crippen LogP contribution is -1.74. The molecule has 0 saturated carbocycles. The van der Waals surface area contributed by atoms with E-state index >= 15 is 0 Å². The molecule has 1 heterocycles. The smallest absolute Gasteiger partial charge is 0.159 e. The number of hydrogen-bond donors (Lipinski definition) is 0. The molecule has 1 rings (SSSR count). The summed E-state index contributed by atoms with van der Waals surface area (Å²) in [6, 6.07) is 2.09. The van der Waals surface area contributed by atoms with Gasteiger partial charge in [0.15, 0.2) is 3.92 Å². The number of aromatic nitrogens is 1. The van der Waals surface area contributed by atoms with Crippen molar-refractivity contribution in [2.75, 3.05) is 0 Å². The van der Waals surface area contributed by atoms with Gasteiger partial charge < -0.3 is 0 Å². The Balaban J connectivity index is 2.52. The van der Waals surface area contributed by atoms with Crippen LogP contribution in [0.1, 0.15) is 11.3 Å². The standard InChI is InChI=1S/C6H5BrN2S/c7-6-9-4-5(10-6)2-1-3-8/h4H,1-2H2. The molecule has 4 heteroatoms. The van der Waals surface area contributed by atoms with Crippen molar-refractivity contribution in [1.29, 1.82) is 5.26 Å². The minimum absolute atomic E-state index is 0.578. The first-order valence-corrected chi connectivity index (χ1v) is 4.41. The molecule has 1 aromatic rings. The summed E-state index contributed by atoms with van der Waals surface area (Å²) < 4.78 is 0.889. The summed E-state index contributed by atoms with van der Waals surface area (Å²) in [6.07, 6.45) is 3.19. The van der Waals surface area contributed by atoms with E-state index in [4.69, 9.17) is 5.26 Å². The Morgan fingerprint density at radius 1 is 1.80 bits per heavy atom. The Labute approximate surface area is 71.6 Å². The molecule has 1 aromatic heterocycles. The van der Waals surface area contributed by atoms with Crippen molar-refractivity contribution in [2.45, 2.75) is 12.8 Å². The molecule has 0 unspecified atom stereocenters. The van der Waals surface area contributed by atoms with E-state index in [1.165, 1.54) is 0 Å². The molecule has 0 aliphatic rings. The summed E-state index contributed by atoms with van der Waals surface area (Å²) >= 11 is 4.83. The molecule has 0 radical (unpaired) electrons. The molecule has 0 aliphatic heterocycles. The second-order valence-electron chi connectivity index (χ2n) is 1.74. The van der Waals surface area contributed by atoms with Crippen molar-refractivity contribution in [3.05, 3.63) is 15.0 Å². The van der Waals surface area contributed by atoms with Crippen LogP contribution in [0.4, 0.5) is 0 Å².